The van der Waals surface area contributed by atoms with Gasteiger partial charge >= 0.3 is 0 Å². The average molecular weight is 1000 g/mol. The third-order valence-corrected chi connectivity index (χ3v) is 24.3. The highest BCUT2D eigenvalue weighted by molar-refractivity contribution is 8.76. The fourth-order valence-corrected chi connectivity index (χ4v) is 20.1. The number of hydrogen-bond donors (Lipinski definition) is 0. The van der Waals surface area contributed by atoms with Gasteiger partial charge in [0, 0.05) is 21.3 Å². The Balaban J connectivity index is 1.54. The Kier molecular flexibility index (Phi) is 41.6. The summed E-state index contributed by atoms with van der Waals surface area (Å²) in [4.78, 5) is 3.45. The van der Waals surface area contributed by atoms with Gasteiger partial charge in [0.25, 0.3) is 0 Å². The Morgan fingerprint density at radius 3 is 0.823 bits per heavy atom. The maximum atomic E-state index is 2.33. The molecule has 0 aromatic rings. The molecule has 3 rings (SSSR count). The molecule has 0 nitrogen and oxygen atoms in total. The molecule has 0 N–H and O–H groups in total. The summed E-state index contributed by atoms with van der Waals surface area (Å²) in [6.07, 6.45) is 60.0. The number of rotatable bonds is 22. The zero-order chi connectivity index (χ0) is 43.6. The van der Waals surface area contributed by atoms with Crippen LogP contribution in [-0.2, 0) is 0 Å². The Bertz CT molecular complexity index is 1050. The Morgan fingerprint density at radius 2 is 0.516 bits per heavy atom. The Hall–Kier alpha value is 2.02. The summed E-state index contributed by atoms with van der Waals surface area (Å²) >= 11 is 13.2. The maximum Gasteiger partial charge on any atom is 0.0708 e. The summed E-state index contributed by atoms with van der Waals surface area (Å²) in [5, 5.41) is 0. The smallest absolute Gasteiger partial charge is 0.0708 e. The molecule has 0 radical (unpaired) electrons. The van der Waals surface area contributed by atoms with Crippen LogP contribution in [0.25, 0.3) is 0 Å². The predicted octanol–water partition coefficient (Wildman–Crippen LogP) is 23.7. The minimum atomic E-state index is 1.31. The molecule has 0 unspecified atom stereocenters. The minimum absolute atomic E-state index is 1.31. The van der Waals surface area contributed by atoms with E-state index in [0.29, 0.717) is 0 Å². The van der Waals surface area contributed by atoms with Crippen molar-refractivity contribution in [3.8, 4) is 0 Å². The first kappa shape index (κ1) is 58.3. The third-order valence-electron chi connectivity index (χ3n) is 12.7. The Labute approximate surface area is 421 Å². The highest BCUT2D eigenvalue weighted by Crippen LogP contribution is 2.64. The van der Waals surface area contributed by atoms with Crippen LogP contribution in [0.3, 0.4) is 0 Å². The van der Waals surface area contributed by atoms with Crippen LogP contribution < -0.4 is 0 Å². The highest BCUT2D eigenvalue weighted by Gasteiger charge is 2.30. The molecule has 3 aliphatic heterocycles. The number of fused-ring (bicyclic) bond motifs is 4. The molecule has 0 aromatic heterocycles. The molecule has 0 atom stereocenters. The van der Waals surface area contributed by atoms with Crippen molar-refractivity contribution in [3.05, 3.63) is 26.8 Å². The molecule has 62 heavy (non-hydrogen) atoms. The van der Waals surface area contributed by atoms with Gasteiger partial charge < -0.3 is 0 Å². The van der Waals surface area contributed by atoms with E-state index in [1.165, 1.54) is 293 Å². The van der Waals surface area contributed by atoms with Crippen molar-refractivity contribution in [2.45, 2.75) is 284 Å². The van der Waals surface area contributed by atoms with Crippen LogP contribution in [0.15, 0.2) is 26.8 Å². The van der Waals surface area contributed by atoms with Gasteiger partial charge in [0.1, 0.15) is 0 Å². The molecule has 0 aromatic carbocycles. The van der Waals surface area contributed by atoms with E-state index in [9.17, 15) is 0 Å². The fourth-order valence-electron chi connectivity index (χ4n) is 8.67. The van der Waals surface area contributed by atoms with Crippen LogP contribution in [0.2, 0.25) is 0 Å². The molecule has 0 fully saturated rings. The first-order valence-corrected chi connectivity index (χ1v) is 35.0. The van der Waals surface area contributed by atoms with Gasteiger partial charge in [-0.15, -0.1) is 23.5 Å². The molecular weight excluding hydrogens is 905 g/mol. The van der Waals surface area contributed by atoms with Gasteiger partial charge in [0.2, 0.25) is 0 Å². The van der Waals surface area contributed by atoms with E-state index < -0.39 is 0 Å². The van der Waals surface area contributed by atoms with Crippen LogP contribution in [0.5, 0.6) is 0 Å². The second-order valence-electron chi connectivity index (χ2n) is 18.7. The second kappa shape index (κ2) is 44.2. The quantitative estimate of drug-likeness (QED) is 0.0767. The van der Waals surface area contributed by atoms with Crippen LogP contribution in [0.4, 0.5) is 0 Å². The summed E-state index contributed by atoms with van der Waals surface area (Å²) in [6, 6.07) is 0. The van der Waals surface area contributed by atoms with Crippen molar-refractivity contribution in [3.63, 3.8) is 0 Å². The molecule has 3 heterocycles. The van der Waals surface area contributed by atoms with Gasteiger partial charge in [-0.2, -0.15) is 0 Å². The molecule has 0 aliphatic carbocycles. The van der Waals surface area contributed by atoms with Gasteiger partial charge in [-0.3, -0.25) is 0 Å². The van der Waals surface area contributed by atoms with E-state index in [0.717, 1.165) is 0 Å². The van der Waals surface area contributed by atoms with Crippen LogP contribution >= 0.6 is 92.2 Å². The molecule has 0 amide bonds. The topological polar surface area (TPSA) is 0 Å². The summed E-state index contributed by atoms with van der Waals surface area (Å²) in [5.74, 6) is 5.36. The molecular formula is C54H98S8. The largest absolute Gasteiger partial charge is 0.118 e. The molecule has 0 saturated carbocycles. The van der Waals surface area contributed by atoms with Gasteiger partial charge in [-0.1, -0.05) is 301 Å². The van der Waals surface area contributed by atoms with Gasteiger partial charge in [-0.05, 0) is 62.9 Å². The van der Waals surface area contributed by atoms with Crippen LogP contribution in [0.1, 0.15) is 284 Å². The maximum absolute atomic E-state index is 2.33. The average Bonchev–Trinajstić information content (AvgIpc) is 3.89. The highest BCUT2D eigenvalue weighted by atomic mass is 33.1. The van der Waals surface area contributed by atoms with Crippen LogP contribution in [0, 0.1) is 0 Å². The number of hydrogen-bond acceptors (Lipinski definition) is 8. The van der Waals surface area contributed by atoms with Crippen molar-refractivity contribution in [2.24, 2.45) is 0 Å². The predicted molar refractivity (Wildman–Crippen MR) is 307 cm³/mol. The van der Waals surface area contributed by atoms with Crippen molar-refractivity contribution >= 4 is 92.2 Å². The zero-order valence-electron chi connectivity index (χ0n) is 40.8. The molecule has 8 heteroatoms. The molecule has 0 spiro atoms. The summed E-state index contributed by atoms with van der Waals surface area (Å²) in [6.45, 7) is 4.66. The summed E-state index contributed by atoms with van der Waals surface area (Å²) in [7, 11) is 4.30. The molecule has 0 saturated heterocycles. The van der Waals surface area contributed by atoms with Gasteiger partial charge in [0.05, 0.1) is 16.9 Å². The van der Waals surface area contributed by atoms with E-state index in [2.05, 4.69) is 106 Å². The lowest BCUT2D eigenvalue weighted by molar-refractivity contribution is 0.557. The lowest BCUT2D eigenvalue weighted by Gasteiger charge is -2.06. The first-order chi connectivity index (χ1) is 30.8. The normalized spacial score (nSPS) is 21.4. The third kappa shape index (κ3) is 31.9. The lowest BCUT2D eigenvalue weighted by atomic mass is 10.1. The van der Waals surface area contributed by atoms with E-state index in [1.54, 1.807) is 26.8 Å². The van der Waals surface area contributed by atoms with E-state index in [-0.39, 0.29) is 0 Å². The molecule has 3 aliphatic rings. The number of thioether (sulfide) groups is 6. The lowest BCUT2D eigenvalue weighted by Crippen LogP contribution is -1.86. The fraction of sp³-hybridized carbons (Fsp3) is 0.889. The van der Waals surface area contributed by atoms with E-state index in [4.69, 9.17) is 0 Å². The van der Waals surface area contributed by atoms with Crippen LogP contribution in [-0.4, -0.2) is 23.0 Å². The number of allylic oxidation sites excluding steroid dienone is 2. The van der Waals surface area contributed by atoms with Crippen molar-refractivity contribution in [2.75, 3.05) is 23.0 Å². The first-order valence-electron chi connectivity index (χ1n) is 27.2. The van der Waals surface area contributed by atoms with Gasteiger partial charge in [0.15, 0.2) is 0 Å². The van der Waals surface area contributed by atoms with Crippen molar-refractivity contribution < 1.29 is 0 Å². The summed E-state index contributed by atoms with van der Waals surface area (Å²) < 4.78 is 6.63. The SMILES string of the molecule is CCCCCCCCCCCCC1=C2SCCCCCCCCCCCCSSCCCCCCCCCCCCSC3=C(CCCCCCCCCCCC)S/C(=C(/S1)S2)S3. The zero-order valence-corrected chi connectivity index (χ0v) is 47.3. The number of unbranched alkanes of at least 4 members (excludes halogenated alkanes) is 18. The summed E-state index contributed by atoms with van der Waals surface area (Å²) in [5.41, 5.74) is 0. The monoisotopic (exact) mass is 1000 g/mol. The molecule has 362 valence electrons. The van der Waals surface area contributed by atoms with E-state index in [1.807, 2.05) is 0 Å². The van der Waals surface area contributed by atoms with Gasteiger partial charge in [-0.25, -0.2) is 0 Å². The second-order valence-corrected chi connectivity index (χ2v) is 28.9. The van der Waals surface area contributed by atoms with Crippen molar-refractivity contribution in [1.29, 1.82) is 0 Å². The minimum Gasteiger partial charge on any atom is -0.118 e. The molecule has 4 bridgehead atoms. The standard InChI is InChI=1S/C54H98S8/c1-3-5-7-9-11-13-19-25-31-37-43-49-51-55-45-39-33-27-21-15-17-23-29-35-41-47-57-58-48-42-36-30-24-18-16-22-28-34-40-46-56-52-50(60-54(62-52)53(59-49)61-51)44-38-32-26-20-14-12-10-8-6-4-2/h3-48H2,1-2H3/b54-53+. The van der Waals surface area contributed by atoms with E-state index >= 15 is 0 Å². The Morgan fingerprint density at radius 1 is 0.258 bits per heavy atom. The van der Waals surface area contributed by atoms with Crippen molar-refractivity contribution in [1.82, 2.24) is 0 Å².